The van der Waals surface area contributed by atoms with E-state index >= 15 is 0 Å². The number of carboxylic acids is 1. The monoisotopic (exact) mass is 353 g/mol. The zero-order valence-electron chi connectivity index (χ0n) is 15.2. The molecule has 0 bridgehead atoms. The molecular weight excluding hydrogens is 330 g/mol. The Morgan fingerprint density at radius 2 is 1.50 bits per heavy atom. The molecule has 0 aromatic heterocycles. The summed E-state index contributed by atoms with van der Waals surface area (Å²) in [6.07, 6.45) is -0.600. The standard InChI is InChI=1S/C21H23NO4/c1-13(2)22(14(3)20(23)24)21(25)26-12-19-17-10-6-4-8-15(17)16-9-5-7-11-18(16)19/h4-11,13-14,19H,12H2,1-3H3,(H,23,24). The van der Waals surface area contributed by atoms with Gasteiger partial charge < -0.3 is 9.84 Å². The zero-order valence-corrected chi connectivity index (χ0v) is 15.2. The van der Waals surface area contributed by atoms with Gasteiger partial charge in [0.1, 0.15) is 12.6 Å². The Hall–Kier alpha value is -2.82. The SMILES string of the molecule is CC(C)N(C(=O)OCC1c2ccccc2-c2ccccc21)C(C)C(=O)O. The summed E-state index contributed by atoms with van der Waals surface area (Å²) < 4.78 is 5.56. The molecule has 1 unspecified atom stereocenters. The Labute approximate surface area is 153 Å². The lowest BCUT2D eigenvalue weighted by Gasteiger charge is -2.30. The molecule has 3 rings (SSSR count). The summed E-state index contributed by atoms with van der Waals surface area (Å²) in [5.41, 5.74) is 4.57. The molecule has 1 aliphatic rings. The highest BCUT2D eigenvalue weighted by Gasteiger charge is 2.32. The van der Waals surface area contributed by atoms with Gasteiger partial charge in [0, 0.05) is 12.0 Å². The van der Waals surface area contributed by atoms with Crippen LogP contribution < -0.4 is 0 Å². The Bertz CT molecular complexity index is 785. The Morgan fingerprint density at radius 3 is 1.96 bits per heavy atom. The fourth-order valence-electron chi connectivity index (χ4n) is 3.60. The largest absolute Gasteiger partial charge is 0.480 e. The lowest BCUT2D eigenvalue weighted by atomic mass is 9.98. The van der Waals surface area contributed by atoms with Crippen molar-refractivity contribution >= 4 is 12.1 Å². The van der Waals surface area contributed by atoms with Gasteiger partial charge in [-0.25, -0.2) is 9.59 Å². The highest BCUT2D eigenvalue weighted by molar-refractivity contribution is 5.81. The van der Waals surface area contributed by atoms with Crippen molar-refractivity contribution in [1.82, 2.24) is 4.90 Å². The predicted octanol–water partition coefficient (Wildman–Crippen LogP) is 4.12. The zero-order chi connectivity index (χ0) is 18.8. The van der Waals surface area contributed by atoms with Gasteiger partial charge in [-0.15, -0.1) is 0 Å². The second-order valence-electron chi connectivity index (χ2n) is 6.82. The maximum absolute atomic E-state index is 12.6. The van der Waals surface area contributed by atoms with Gasteiger partial charge in [0.25, 0.3) is 0 Å². The van der Waals surface area contributed by atoms with E-state index in [1.54, 1.807) is 13.8 Å². The maximum atomic E-state index is 12.6. The average molecular weight is 353 g/mol. The van der Waals surface area contributed by atoms with Crippen LogP contribution >= 0.6 is 0 Å². The second-order valence-corrected chi connectivity index (χ2v) is 6.82. The molecule has 136 valence electrons. The summed E-state index contributed by atoms with van der Waals surface area (Å²) in [4.78, 5) is 25.1. The molecule has 2 aromatic rings. The van der Waals surface area contributed by atoms with Gasteiger partial charge in [0.05, 0.1) is 0 Å². The van der Waals surface area contributed by atoms with E-state index in [0.717, 1.165) is 22.3 Å². The lowest BCUT2D eigenvalue weighted by Crippen LogP contribution is -2.47. The van der Waals surface area contributed by atoms with Gasteiger partial charge >= 0.3 is 12.1 Å². The first-order valence-electron chi connectivity index (χ1n) is 8.78. The minimum absolute atomic E-state index is 0.0412. The van der Waals surface area contributed by atoms with Crippen molar-refractivity contribution in [3.63, 3.8) is 0 Å². The number of nitrogens with zero attached hydrogens (tertiary/aromatic N) is 1. The lowest BCUT2D eigenvalue weighted by molar-refractivity contribution is -0.142. The van der Waals surface area contributed by atoms with E-state index in [1.807, 2.05) is 36.4 Å². The number of fused-ring (bicyclic) bond motifs is 3. The van der Waals surface area contributed by atoms with Gasteiger partial charge in [-0.3, -0.25) is 4.90 Å². The number of carbonyl (C=O) groups excluding carboxylic acids is 1. The second kappa shape index (κ2) is 7.20. The normalized spacial score (nSPS) is 13.8. The van der Waals surface area contributed by atoms with Crippen LogP contribution in [0.2, 0.25) is 0 Å². The highest BCUT2D eigenvalue weighted by Crippen LogP contribution is 2.44. The number of benzene rings is 2. The number of rotatable bonds is 5. The molecule has 1 aliphatic carbocycles. The molecule has 5 nitrogen and oxygen atoms in total. The molecule has 0 spiro atoms. The minimum Gasteiger partial charge on any atom is -0.480 e. The van der Waals surface area contributed by atoms with E-state index in [1.165, 1.54) is 11.8 Å². The van der Waals surface area contributed by atoms with Crippen LogP contribution in [0.4, 0.5) is 4.79 Å². The van der Waals surface area contributed by atoms with Gasteiger partial charge in [0.2, 0.25) is 0 Å². The third-order valence-electron chi connectivity index (χ3n) is 4.88. The molecule has 0 saturated carbocycles. The predicted molar refractivity (Wildman–Crippen MR) is 99.1 cm³/mol. The van der Waals surface area contributed by atoms with Crippen LogP contribution in [0.3, 0.4) is 0 Å². The molecule has 2 aromatic carbocycles. The van der Waals surface area contributed by atoms with Crippen LogP contribution in [0.1, 0.15) is 37.8 Å². The first-order chi connectivity index (χ1) is 12.4. The van der Waals surface area contributed by atoms with Gasteiger partial charge in [0.15, 0.2) is 0 Å². The fraction of sp³-hybridized carbons (Fsp3) is 0.333. The number of hydrogen-bond acceptors (Lipinski definition) is 3. The van der Waals surface area contributed by atoms with Crippen LogP contribution in [-0.4, -0.2) is 40.8 Å². The van der Waals surface area contributed by atoms with Crippen molar-refractivity contribution in [2.75, 3.05) is 6.61 Å². The number of amides is 1. The van der Waals surface area contributed by atoms with Crippen molar-refractivity contribution in [1.29, 1.82) is 0 Å². The summed E-state index contributed by atoms with van der Waals surface area (Å²) in [7, 11) is 0. The van der Waals surface area contributed by atoms with Crippen LogP contribution in [-0.2, 0) is 9.53 Å². The van der Waals surface area contributed by atoms with Gasteiger partial charge in [-0.2, -0.15) is 0 Å². The molecule has 1 amide bonds. The molecule has 0 heterocycles. The first-order valence-corrected chi connectivity index (χ1v) is 8.78. The summed E-state index contributed by atoms with van der Waals surface area (Å²) in [6, 6.07) is 15.0. The van der Waals surface area contributed by atoms with Gasteiger partial charge in [-0.05, 0) is 43.0 Å². The van der Waals surface area contributed by atoms with Crippen molar-refractivity contribution in [3.05, 3.63) is 59.7 Å². The quantitative estimate of drug-likeness (QED) is 0.878. The van der Waals surface area contributed by atoms with E-state index in [2.05, 4.69) is 12.1 Å². The Balaban J connectivity index is 1.81. The highest BCUT2D eigenvalue weighted by atomic mass is 16.6. The van der Waals surface area contributed by atoms with Crippen molar-refractivity contribution in [2.24, 2.45) is 0 Å². The molecular formula is C21H23NO4. The molecule has 1 N–H and O–H groups in total. The smallest absolute Gasteiger partial charge is 0.410 e. The van der Waals surface area contributed by atoms with Crippen LogP contribution in [0, 0.1) is 0 Å². The summed E-state index contributed by atoms with van der Waals surface area (Å²) >= 11 is 0. The molecule has 0 saturated heterocycles. The van der Waals surface area contributed by atoms with E-state index in [0.29, 0.717) is 0 Å². The first kappa shape index (κ1) is 18.0. The van der Waals surface area contributed by atoms with Crippen molar-refractivity contribution < 1.29 is 19.4 Å². The van der Waals surface area contributed by atoms with E-state index < -0.39 is 18.1 Å². The van der Waals surface area contributed by atoms with Crippen LogP contribution in [0.25, 0.3) is 11.1 Å². The maximum Gasteiger partial charge on any atom is 0.410 e. The number of ether oxygens (including phenoxy) is 1. The molecule has 26 heavy (non-hydrogen) atoms. The topological polar surface area (TPSA) is 66.8 Å². The van der Waals surface area contributed by atoms with Crippen LogP contribution in [0.15, 0.2) is 48.5 Å². The van der Waals surface area contributed by atoms with E-state index in [-0.39, 0.29) is 18.6 Å². The molecule has 5 heteroatoms. The number of carboxylic acid groups (broad SMARTS) is 1. The average Bonchev–Trinajstić information content (AvgIpc) is 2.93. The summed E-state index contributed by atoms with van der Waals surface area (Å²) in [5.74, 6) is -1.09. The third-order valence-corrected chi connectivity index (χ3v) is 4.88. The van der Waals surface area contributed by atoms with Crippen LogP contribution in [0.5, 0.6) is 0 Å². The Morgan fingerprint density at radius 1 is 1.00 bits per heavy atom. The van der Waals surface area contributed by atoms with E-state index in [9.17, 15) is 14.7 Å². The fourth-order valence-corrected chi connectivity index (χ4v) is 3.60. The third kappa shape index (κ3) is 3.17. The summed E-state index contributed by atoms with van der Waals surface area (Å²) in [6.45, 7) is 5.23. The summed E-state index contributed by atoms with van der Waals surface area (Å²) in [5, 5.41) is 9.24. The molecule has 0 aliphatic heterocycles. The molecule has 0 fully saturated rings. The number of aliphatic carboxylic acids is 1. The van der Waals surface area contributed by atoms with Gasteiger partial charge in [-0.1, -0.05) is 48.5 Å². The van der Waals surface area contributed by atoms with E-state index in [4.69, 9.17) is 4.74 Å². The van der Waals surface area contributed by atoms with Crippen molar-refractivity contribution in [3.8, 4) is 11.1 Å². The number of carbonyl (C=O) groups is 2. The molecule has 1 atom stereocenters. The van der Waals surface area contributed by atoms with Crippen molar-refractivity contribution in [2.45, 2.75) is 38.8 Å². The molecule has 0 radical (unpaired) electrons. The number of hydrogen-bond donors (Lipinski definition) is 1. The minimum atomic E-state index is -1.05. The Kier molecular flexibility index (Phi) is 4.98.